The van der Waals surface area contributed by atoms with Crippen LogP contribution in [0.5, 0.6) is 0 Å². The summed E-state index contributed by atoms with van der Waals surface area (Å²) >= 11 is 4.53. The monoisotopic (exact) mass is 453 g/mol. The Labute approximate surface area is 195 Å². The molecule has 6 nitrogen and oxygen atoms in total. The first-order chi connectivity index (χ1) is 15.6. The maximum atomic E-state index is 13.0. The van der Waals surface area contributed by atoms with E-state index in [2.05, 4.69) is 47.1 Å². The minimum atomic E-state index is -0.525. The van der Waals surface area contributed by atoms with Gasteiger partial charge >= 0.3 is 6.09 Å². The summed E-state index contributed by atoms with van der Waals surface area (Å²) in [6, 6.07) is 19.6. The average molecular weight is 454 g/mol. The number of ether oxygens (including phenoxy) is 1. The number of carbonyl (C=O) groups is 2. The molecule has 0 radical (unpaired) electrons. The predicted octanol–water partition coefficient (Wildman–Crippen LogP) is 3.48. The van der Waals surface area contributed by atoms with E-state index < -0.39 is 12.1 Å². The number of likely N-dealkylation sites (tertiary alicyclic amines) is 2. The number of nitrogens with one attached hydrogen (secondary N) is 1. The Morgan fingerprint density at radius 3 is 2.25 bits per heavy atom. The zero-order valence-electron chi connectivity index (χ0n) is 18.2. The van der Waals surface area contributed by atoms with Crippen LogP contribution in [-0.4, -0.2) is 58.8 Å². The summed E-state index contributed by atoms with van der Waals surface area (Å²) in [7, 11) is 0. The van der Waals surface area contributed by atoms with E-state index in [-0.39, 0.29) is 23.8 Å². The molecule has 2 saturated heterocycles. The van der Waals surface area contributed by atoms with E-state index in [1.54, 1.807) is 0 Å². The van der Waals surface area contributed by atoms with E-state index in [4.69, 9.17) is 4.74 Å². The minimum absolute atomic E-state index is 0.0252. The Hall–Kier alpha value is -2.51. The number of benzene rings is 2. The number of thiol groups is 1. The van der Waals surface area contributed by atoms with Crippen molar-refractivity contribution in [3.05, 3.63) is 71.8 Å². The van der Waals surface area contributed by atoms with E-state index in [0.29, 0.717) is 13.0 Å². The Morgan fingerprint density at radius 1 is 0.969 bits per heavy atom. The van der Waals surface area contributed by atoms with Crippen LogP contribution in [0.3, 0.4) is 0 Å². The summed E-state index contributed by atoms with van der Waals surface area (Å²) in [6.07, 6.45) is 1.91. The van der Waals surface area contributed by atoms with Crippen molar-refractivity contribution < 1.29 is 14.3 Å². The summed E-state index contributed by atoms with van der Waals surface area (Å²) in [5.41, 5.74) is 2.23. The Balaban J connectivity index is 1.26. The zero-order valence-corrected chi connectivity index (χ0v) is 19.1. The summed E-state index contributed by atoms with van der Waals surface area (Å²) in [4.78, 5) is 29.6. The van der Waals surface area contributed by atoms with Crippen molar-refractivity contribution in [2.24, 2.45) is 0 Å². The van der Waals surface area contributed by atoms with Crippen molar-refractivity contribution in [1.82, 2.24) is 15.1 Å². The molecule has 2 aromatic carbocycles. The van der Waals surface area contributed by atoms with Crippen molar-refractivity contribution in [2.45, 2.75) is 49.7 Å². The number of hydrogen-bond donors (Lipinski definition) is 2. The highest BCUT2D eigenvalue weighted by Crippen LogP contribution is 2.24. The maximum Gasteiger partial charge on any atom is 0.410 e. The Morgan fingerprint density at radius 2 is 1.59 bits per heavy atom. The van der Waals surface area contributed by atoms with Gasteiger partial charge in [0.1, 0.15) is 12.6 Å². The van der Waals surface area contributed by atoms with Crippen LogP contribution < -0.4 is 5.32 Å². The van der Waals surface area contributed by atoms with Gasteiger partial charge in [-0.2, -0.15) is 12.6 Å². The molecule has 2 amide bonds. The molecule has 0 spiro atoms. The van der Waals surface area contributed by atoms with Gasteiger partial charge in [-0.05, 0) is 30.4 Å². The Kier molecular flexibility index (Phi) is 7.71. The average Bonchev–Trinajstić information content (AvgIpc) is 3.22. The van der Waals surface area contributed by atoms with Gasteiger partial charge in [-0.1, -0.05) is 60.7 Å². The smallest absolute Gasteiger partial charge is 0.410 e. The van der Waals surface area contributed by atoms with Gasteiger partial charge in [-0.25, -0.2) is 4.79 Å². The second-order valence-electron chi connectivity index (χ2n) is 8.64. The van der Waals surface area contributed by atoms with Gasteiger partial charge < -0.3 is 10.1 Å². The van der Waals surface area contributed by atoms with E-state index in [9.17, 15) is 9.59 Å². The van der Waals surface area contributed by atoms with Crippen LogP contribution in [0.2, 0.25) is 0 Å². The number of carbonyl (C=O) groups excluding carboxylic acids is 2. The SMILES string of the molecule is O=C(NC1CCN(Cc2ccccc2)CC1)[C@@H]1C[C@@H](S)CN1C(=O)OCc1ccccc1. The first-order valence-corrected chi connectivity index (χ1v) is 11.8. The highest BCUT2D eigenvalue weighted by Gasteiger charge is 2.40. The molecule has 32 heavy (non-hydrogen) atoms. The highest BCUT2D eigenvalue weighted by atomic mass is 32.1. The van der Waals surface area contributed by atoms with Crippen LogP contribution in [0.4, 0.5) is 4.79 Å². The lowest BCUT2D eigenvalue weighted by molar-refractivity contribution is -0.126. The molecule has 2 aliphatic heterocycles. The quantitative estimate of drug-likeness (QED) is 0.658. The number of hydrogen-bond acceptors (Lipinski definition) is 5. The predicted molar refractivity (Wildman–Crippen MR) is 127 cm³/mol. The fourth-order valence-electron chi connectivity index (χ4n) is 4.44. The van der Waals surface area contributed by atoms with Crippen LogP contribution in [0.25, 0.3) is 0 Å². The molecule has 4 rings (SSSR count). The molecule has 0 saturated carbocycles. The van der Waals surface area contributed by atoms with Crippen LogP contribution in [0.1, 0.15) is 30.4 Å². The molecule has 2 atom stereocenters. The van der Waals surface area contributed by atoms with Crippen molar-refractivity contribution >= 4 is 24.6 Å². The van der Waals surface area contributed by atoms with Crippen molar-refractivity contribution in [3.63, 3.8) is 0 Å². The minimum Gasteiger partial charge on any atom is -0.445 e. The first-order valence-electron chi connectivity index (χ1n) is 11.3. The third-order valence-electron chi connectivity index (χ3n) is 6.20. The topological polar surface area (TPSA) is 61.9 Å². The van der Waals surface area contributed by atoms with Gasteiger partial charge in [0, 0.05) is 37.5 Å². The van der Waals surface area contributed by atoms with E-state index in [0.717, 1.165) is 38.0 Å². The van der Waals surface area contributed by atoms with E-state index >= 15 is 0 Å². The van der Waals surface area contributed by atoms with Crippen LogP contribution in [0, 0.1) is 0 Å². The van der Waals surface area contributed by atoms with Crippen molar-refractivity contribution in [3.8, 4) is 0 Å². The molecule has 2 aromatic rings. The van der Waals surface area contributed by atoms with Gasteiger partial charge in [0.15, 0.2) is 0 Å². The molecule has 0 bridgehead atoms. The van der Waals surface area contributed by atoms with Crippen LogP contribution >= 0.6 is 12.6 Å². The first kappa shape index (κ1) is 22.7. The maximum absolute atomic E-state index is 13.0. The second kappa shape index (κ2) is 10.9. The molecule has 0 aliphatic carbocycles. The van der Waals surface area contributed by atoms with Gasteiger partial charge in [-0.15, -0.1) is 0 Å². The van der Waals surface area contributed by atoms with Gasteiger partial charge in [0.2, 0.25) is 5.91 Å². The molecule has 0 unspecified atom stereocenters. The van der Waals surface area contributed by atoms with E-state index in [1.807, 2.05) is 36.4 Å². The zero-order chi connectivity index (χ0) is 22.3. The lowest BCUT2D eigenvalue weighted by atomic mass is 10.0. The second-order valence-corrected chi connectivity index (χ2v) is 9.37. The van der Waals surface area contributed by atoms with Crippen molar-refractivity contribution in [2.75, 3.05) is 19.6 Å². The van der Waals surface area contributed by atoms with Gasteiger partial charge in [0.25, 0.3) is 0 Å². The largest absolute Gasteiger partial charge is 0.445 e. The molecule has 7 heteroatoms. The van der Waals surface area contributed by atoms with Crippen LogP contribution in [0.15, 0.2) is 60.7 Å². The lowest BCUT2D eigenvalue weighted by Gasteiger charge is -2.33. The normalized spacial score (nSPS) is 22.0. The third-order valence-corrected chi connectivity index (χ3v) is 6.58. The Bertz CT molecular complexity index is 888. The lowest BCUT2D eigenvalue weighted by Crippen LogP contribution is -2.51. The molecule has 2 heterocycles. The summed E-state index contributed by atoms with van der Waals surface area (Å²) in [5, 5.41) is 3.15. The molecular weight excluding hydrogens is 422 g/mol. The number of nitrogens with zero attached hydrogens (tertiary/aromatic N) is 2. The van der Waals surface area contributed by atoms with Gasteiger partial charge in [-0.3, -0.25) is 14.6 Å². The standard InChI is InChI=1S/C25H31N3O3S/c29-24(26-21-11-13-27(14-12-21)16-19-7-3-1-4-8-19)23-15-22(32)17-28(23)25(30)31-18-20-9-5-2-6-10-20/h1-10,21-23,32H,11-18H2,(H,26,29)/t22-,23+/m1/s1. The fourth-order valence-corrected chi connectivity index (χ4v) is 4.82. The summed E-state index contributed by atoms with van der Waals surface area (Å²) in [5.74, 6) is -0.0975. The summed E-state index contributed by atoms with van der Waals surface area (Å²) in [6.45, 7) is 3.45. The summed E-state index contributed by atoms with van der Waals surface area (Å²) < 4.78 is 5.47. The molecule has 1 N–H and O–H groups in total. The fraction of sp³-hybridized carbons (Fsp3) is 0.440. The van der Waals surface area contributed by atoms with Crippen molar-refractivity contribution in [1.29, 1.82) is 0 Å². The van der Waals surface area contributed by atoms with E-state index in [1.165, 1.54) is 10.5 Å². The highest BCUT2D eigenvalue weighted by molar-refractivity contribution is 7.81. The number of amides is 2. The molecule has 0 aromatic heterocycles. The number of piperidine rings is 1. The van der Waals surface area contributed by atoms with Gasteiger partial charge in [0.05, 0.1) is 0 Å². The molecule has 2 aliphatic rings. The number of rotatable bonds is 6. The molecule has 2 fully saturated rings. The molecular formula is C25H31N3O3S. The molecule has 170 valence electrons. The van der Waals surface area contributed by atoms with Crippen LogP contribution in [-0.2, 0) is 22.7 Å². The third kappa shape index (κ3) is 6.04.